The van der Waals surface area contributed by atoms with E-state index in [2.05, 4.69) is 19.2 Å². The van der Waals surface area contributed by atoms with E-state index in [-0.39, 0.29) is 29.0 Å². The van der Waals surface area contributed by atoms with Gasteiger partial charge in [0, 0.05) is 12.0 Å². The van der Waals surface area contributed by atoms with Crippen LogP contribution in [0.2, 0.25) is 0 Å². The van der Waals surface area contributed by atoms with Crippen LogP contribution < -0.4 is 14.4 Å². The van der Waals surface area contributed by atoms with Crippen LogP contribution in [0.25, 0.3) is 0 Å². The number of ether oxygens (including phenoxy) is 1. The number of sulfonamides is 1. The van der Waals surface area contributed by atoms with Gasteiger partial charge in [-0.3, -0.25) is 9.10 Å². The van der Waals surface area contributed by atoms with Crippen molar-refractivity contribution < 1.29 is 17.9 Å². The van der Waals surface area contributed by atoms with Gasteiger partial charge >= 0.3 is 0 Å². The first-order valence-corrected chi connectivity index (χ1v) is 14.3. The number of para-hydroxylation sites is 1. The molecule has 0 spiro atoms. The summed E-state index contributed by atoms with van der Waals surface area (Å²) in [5.74, 6) is 0.402. The molecule has 4 rings (SSSR count). The highest BCUT2D eigenvalue weighted by atomic mass is 32.2. The fourth-order valence-corrected chi connectivity index (χ4v) is 6.45. The minimum Gasteiger partial charge on any atom is -0.487 e. The molecule has 3 aromatic carbocycles. The highest BCUT2D eigenvalue weighted by Crippen LogP contribution is 2.42. The van der Waals surface area contributed by atoms with E-state index in [0.29, 0.717) is 12.1 Å². The number of carbonyl (C=O) groups is 1. The predicted molar refractivity (Wildman–Crippen MR) is 148 cm³/mol. The topological polar surface area (TPSA) is 75.7 Å². The normalized spacial score (nSPS) is 16.4. The molecule has 1 N–H and O–H groups in total. The van der Waals surface area contributed by atoms with Gasteiger partial charge in [0.2, 0.25) is 5.91 Å². The maximum Gasteiger partial charge on any atom is 0.264 e. The zero-order valence-corrected chi connectivity index (χ0v) is 23.1. The van der Waals surface area contributed by atoms with Gasteiger partial charge < -0.3 is 10.1 Å². The summed E-state index contributed by atoms with van der Waals surface area (Å²) in [6.45, 7) is 9.59. The number of fused-ring (bicyclic) bond motifs is 1. The van der Waals surface area contributed by atoms with Gasteiger partial charge in [-0.25, -0.2) is 8.42 Å². The van der Waals surface area contributed by atoms with Crippen molar-refractivity contribution in [1.82, 2.24) is 5.32 Å². The van der Waals surface area contributed by atoms with Crippen LogP contribution in [0.15, 0.2) is 71.6 Å². The molecule has 0 aliphatic carbocycles. The van der Waals surface area contributed by atoms with Crippen LogP contribution in [-0.4, -0.2) is 26.5 Å². The van der Waals surface area contributed by atoms with Crippen molar-refractivity contribution in [3.05, 3.63) is 89.0 Å². The van der Waals surface area contributed by atoms with Crippen LogP contribution in [0.1, 0.15) is 61.4 Å². The summed E-state index contributed by atoms with van der Waals surface area (Å²) in [6.07, 6.45) is 2.23. The summed E-state index contributed by atoms with van der Waals surface area (Å²) in [5, 5.41) is 3.14. The van der Waals surface area contributed by atoms with E-state index in [1.54, 1.807) is 36.4 Å². The molecular formula is C30H36N2O4S. The lowest BCUT2D eigenvalue weighted by molar-refractivity contribution is -0.121. The Hall–Kier alpha value is -3.32. The number of benzene rings is 3. The van der Waals surface area contributed by atoms with E-state index < -0.39 is 10.0 Å². The molecule has 1 heterocycles. The van der Waals surface area contributed by atoms with E-state index in [4.69, 9.17) is 4.74 Å². The second-order valence-electron chi connectivity index (χ2n) is 10.0. The highest BCUT2D eigenvalue weighted by molar-refractivity contribution is 7.92. The van der Waals surface area contributed by atoms with Gasteiger partial charge in [-0.2, -0.15) is 0 Å². The molecule has 0 fully saturated rings. The third-order valence-corrected chi connectivity index (χ3v) is 9.00. The Morgan fingerprint density at radius 1 is 0.946 bits per heavy atom. The molecular weight excluding hydrogens is 484 g/mol. The van der Waals surface area contributed by atoms with Gasteiger partial charge in [-0.05, 0) is 75.1 Å². The van der Waals surface area contributed by atoms with E-state index in [1.807, 2.05) is 51.1 Å². The fourth-order valence-electron chi connectivity index (χ4n) is 5.05. The molecule has 0 bridgehead atoms. The second-order valence-corrected chi connectivity index (χ2v) is 11.9. The number of hydrogen-bond acceptors (Lipinski definition) is 4. The third-order valence-electron chi connectivity index (χ3n) is 7.21. The molecule has 0 saturated carbocycles. The fraction of sp³-hybridized carbons (Fsp3) is 0.367. The Labute approximate surface area is 220 Å². The monoisotopic (exact) mass is 520 g/mol. The molecule has 1 atom stereocenters. The van der Waals surface area contributed by atoms with Gasteiger partial charge in [0.15, 0.2) is 0 Å². The zero-order chi connectivity index (χ0) is 26.8. The number of nitrogens with zero attached hydrogens (tertiary/aromatic N) is 1. The van der Waals surface area contributed by atoms with Crippen LogP contribution >= 0.6 is 0 Å². The maximum absolute atomic E-state index is 13.8. The number of rotatable bonds is 8. The molecule has 1 aliphatic rings. The molecule has 0 unspecified atom stereocenters. The Balaban J connectivity index is 1.68. The SMILES string of the molecule is CCC1(CC)C[C@@H](NC(=O)CN(c2cc(C)cc(C)c2)S(=O)(=O)c2ccc(C)cc2)c2ccccc2O1. The highest BCUT2D eigenvalue weighted by Gasteiger charge is 2.39. The van der Waals surface area contributed by atoms with E-state index in [9.17, 15) is 13.2 Å². The average Bonchev–Trinajstić information content (AvgIpc) is 2.86. The first-order chi connectivity index (χ1) is 17.6. The lowest BCUT2D eigenvalue weighted by Crippen LogP contribution is -2.47. The number of nitrogens with one attached hydrogen (secondary N) is 1. The van der Waals surface area contributed by atoms with Crippen LogP contribution in [0.5, 0.6) is 5.75 Å². The Morgan fingerprint density at radius 2 is 1.57 bits per heavy atom. The summed E-state index contributed by atoms with van der Waals surface area (Å²) in [4.78, 5) is 13.7. The molecule has 196 valence electrons. The van der Waals surface area contributed by atoms with Crippen molar-refractivity contribution in [2.75, 3.05) is 10.8 Å². The smallest absolute Gasteiger partial charge is 0.264 e. The molecule has 1 aliphatic heterocycles. The van der Waals surface area contributed by atoms with Crippen molar-refractivity contribution in [1.29, 1.82) is 0 Å². The molecule has 37 heavy (non-hydrogen) atoms. The van der Waals surface area contributed by atoms with Gasteiger partial charge in [0.1, 0.15) is 17.9 Å². The Morgan fingerprint density at radius 3 is 2.19 bits per heavy atom. The standard InChI is InChI=1S/C30H36N2O4S/c1-6-30(7-2)19-27(26-10-8-9-11-28(26)36-30)31-29(33)20-32(24-17-22(4)16-23(5)18-24)37(34,35)25-14-12-21(3)13-15-25/h8-18,27H,6-7,19-20H2,1-5H3,(H,31,33)/t27-/m1/s1. The van der Waals surface area contributed by atoms with Gasteiger partial charge in [0.05, 0.1) is 16.6 Å². The summed E-state index contributed by atoms with van der Waals surface area (Å²) in [5.41, 5.74) is 3.81. The summed E-state index contributed by atoms with van der Waals surface area (Å²) >= 11 is 0. The number of anilines is 1. The van der Waals surface area contributed by atoms with Crippen molar-refractivity contribution in [3.8, 4) is 5.75 Å². The van der Waals surface area contributed by atoms with E-state index in [1.165, 1.54) is 4.31 Å². The molecule has 0 saturated heterocycles. The van der Waals surface area contributed by atoms with E-state index >= 15 is 0 Å². The predicted octanol–water partition coefficient (Wildman–Crippen LogP) is 6.01. The Kier molecular flexibility index (Phi) is 7.64. The largest absolute Gasteiger partial charge is 0.487 e. The molecule has 0 radical (unpaired) electrons. The summed E-state index contributed by atoms with van der Waals surface area (Å²) < 4.78 is 35.2. The molecule has 3 aromatic rings. The minimum atomic E-state index is -3.99. The average molecular weight is 521 g/mol. The van der Waals surface area contributed by atoms with Crippen LogP contribution in [0, 0.1) is 20.8 Å². The van der Waals surface area contributed by atoms with Crippen molar-refractivity contribution in [2.45, 2.75) is 70.4 Å². The summed E-state index contributed by atoms with van der Waals surface area (Å²) in [7, 11) is -3.99. The number of hydrogen-bond donors (Lipinski definition) is 1. The quantitative estimate of drug-likeness (QED) is 0.395. The Bertz CT molecular complexity index is 1360. The molecule has 1 amide bonds. The second kappa shape index (κ2) is 10.6. The van der Waals surface area contributed by atoms with Crippen LogP contribution in [-0.2, 0) is 14.8 Å². The first kappa shape index (κ1) is 26.7. The molecule has 6 nitrogen and oxygen atoms in total. The first-order valence-electron chi connectivity index (χ1n) is 12.8. The van der Waals surface area contributed by atoms with Crippen molar-refractivity contribution in [2.24, 2.45) is 0 Å². The van der Waals surface area contributed by atoms with Gasteiger partial charge in [-0.1, -0.05) is 55.8 Å². The molecule has 7 heteroatoms. The lowest BCUT2D eigenvalue weighted by Gasteiger charge is -2.41. The van der Waals surface area contributed by atoms with Gasteiger partial charge in [-0.15, -0.1) is 0 Å². The van der Waals surface area contributed by atoms with Crippen LogP contribution in [0.3, 0.4) is 0 Å². The molecule has 0 aromatic heterocycles. The van der Waals surface area contributed by atoms with Crippen molar-refractivity contribution in [3.63, 3.8) is 0 Å². The number of carbonyl (C=O) groups excluding carboxylic acids is 1. The minimum absolute atomic E-state index is 0.150. The third kappa shape index (κ3) is 5.67. The van der Waals surface area contributed by atoms with Crippen LogP contribution in [0.4, 0.5) is 5.69 Å². The summed E-state index contributed by atoms with van der Waals surface area (Å²) in [6, 6.07) is 19.7. The van der Waals surface area contributed by atoms with Gasteiger partial charge in [0.25, 0.3) is 10.0 Å². The number of amides is 1. The lowest BCUT2D eigenvalue weighted by atomic mass is 9.83. The van der Waals surface area contributed by atoms with E-state index in [0.717, 1.165) is 40.8 Å². The van der Waals surface area contributed by atoms with Crippen molar-refractivity contribution >= 4 is 21.6 Å². The number of aryl methyl sites for hydroxylation is 3. The zero-order valence-electron chi connectivity index (χ0n) is 22.2. The maximum atomic E-state index is 13.8.